The molecule has 0 spiro atoms. The van der Waals surface area contributed by atoms with Crippen LogP contribution >= 0.6 is 0 Å². The summed E-state index contributed by atoms with van der Waals surface area (Å²) in [6, 6.07) is 12.2. The topological polar surface area (TPSA) is 36.6 Å². The highest BCUT2D eigenvalue weighted by Gasteiger charge is 2.27. The maximum absolute atomic E-state index is 13.4. The van der Waals surface area contributed by atoms with Gasteiger partial charge in [-0.2, -0.15) is 0 Å². The molecule has 0 aliphatic carbocycles. The Balaban J connectivity index is 1.83. The van der Waals surface area contributed by atoms with Crippen LogP contribution in [0.5, 0.6) is 5.75 Å². The molecule has 1 aromatic heterocycles. The predicted octanol–water partition coefficient (Wildman–Crippen LogP) is 4.85. The van der Waals surface area contributed by atoms with E-state index in [2.05, 4.69) is 4.90 Å². The van der Waals surface area contributed by atoms with E-state index in [4.69, 9.17) is 4.42 Å². The van der Waals surface area contributed by atoms with Crippen molar-refractivity contribution in [2.45, 2.75) is 25.3 Å². The van der Waals surface area contributed by atoms with Crippen molar-refractivity contribution in [2.24, 2.45) is 0 Å². The number of phenolic OH excluding ortho intramolecular Hbond substituents is 1. The molecule has 1 saturated heterocycles. The van der Waals surface area contributed by atoms with E-state index < -0.39 is 0 Å². The second-order valence-electron chi connectivity index (χ2n) is 6.39. The van der Waals surface area contributed by atoms with Crippen molar-refractivity contribution in [2.75, 3.05) is 13.1 Å². The molecule has 1 aliphatic rings. The van der Waals surface area contributed by atoms with Gasteiger partial charge < -0.3 is 9.52 Å². The van der Waals surface area contributed by atoms with Gasteiger partial charge >= 0.3 is 0 Å². The fraction of sp³-hybridized carbons (Fsp3) is 0.300. The lowest BCUT2D eigenvalue weighted by Gasteiger charge is -2.35. The minimum atomic E-state index is -0.248. The molecule has 1 atom stereocenters. The number of fused-ring (bicyclic) bond motifs is 1. The summed E-state index contributed by atoms with van der Waals surface area (Å²) in [5.41, 5.74) is 2.31. The summed E-state index contributed by atoms with van der Waals surface area (Å²) in [7, 11) is 0. The zero-order valence-electron chi connectivity index (χ0n) is 13.4. The van der Waals surface area contributed by atoms with Crippen LogP contribution in [-0.2, 0) is 0 Å². The third-order valence-corrected chi connectivity index (χ3v) is 4.86. The van der Waals surface area contributed by atoms with Crippen LogP contribution in [0, 0.1) is 5.82 Å². The summed E-state index contributed by atoms with van der Waals surface area (Å²) < 4.78 is 18.8. The Kier molecular flexibility index (Phi) is 3.98. The van der Waals surface area contributed by atoms with Crippen molar-refractivity contribution >= 4 is 11.0 Å². The number of benzene rings is 2. The van der Waals surface area contributed by atoms with Gasteiger partial charge in [0, 0.05) is 10.9 Å². The average molecular weight is 325 g/mol. The van der Waals surface area contributed by atoms with Crippen molar-refractivity contribution < 1.29 is 13.9 Å². The van der Waals surface area contributed by atoms with E-state index in [9.17, 15) is 9.50 Å². The summed E-state index contributed by atoms with van der Waals surface area (Å²) in [6.07, 6.45) is 5.10. The zero-order valence-corrected chi connectivity index (χ0v) is 13.4. The summed E-state index contributed by atoms with van der Waals surface area (Å²) in [4.78, 5) is 2.36. The number of aromatic hydroxyl groups is 1. The van der Waals surface area contributed by atoms with Crippen LogP contribution in [0.3, 0.4) is 0 Å². The van der Waals surface area contributed by atoms with Crippen molar-refractivity contribution in [3.63, 3.8) is 0 Å². The van der Waals surface area contributed by atoms with E-state index in [1.54, 1.807) is 18.4 Å². The first-order valence-corrected chi connectivity index (χ1v) is 8.42. The van der Waals surface area contributed by atoms with Crippen LogP contribution < -0.4 is 0 Å². The lowest BCUT2D eigenvalue weighted by Crippen LogP contribution is -2.34. The van der Waals surface area contributed by atoms with Crippen LogP contribution in [0.15, 0.2) is 53.1 Å². The van der Waals surface area contributed by atoms with Gasteiger partial charge in [-0.05, 0) is 49.7 Å². The molecule has 24 heavy (non-hydrogen) atoms. The average Bonchev–Trinajstić information content (AvgIpc) is 3.09. The van der Waals surface area contributed by atoms with E-state index in [1.807, 2.05) is 18.2 Å². The minimum absolute atomic E-state index is 0.0969. The van der Waals surface area contributed by atoms with E-state index in [0.29, 0.717) is 5.58 Å². The molecule has 2 heterocycles. The van der Waals surface area contributed by atoms with Gasteiger partial charge in [-0.25, -0.2) is 4.39 Å². The molecule has 0 bridgehead atoms. The summed E-state index contributed by atoms with van der Waals surface area (Å²) in [5, 5.41) is 11.6. The highest BCUT2D eigenvalue weighted by Crippen LogP contribution is 2.39. The van der Waals surface area contributed by atoms with Gasteiger partial charge in [-0.1, -0.05) is 30.7 Å². The number of nitrogens with zero attached hydrogens (tertiary/aromatic N) is 1. The molecule has 1 fully saturated rings. The Morgan fingerprint density at radius 3 is 2.46 bits per heavy atom. The van der Waals surface area contributed by atoms with Crippen molar-refractivity contribution in [3.8, 4) is 5.75 Å². The number of hydrogen-bond acceptors (Lipinski definition) is 3. The molecule has 0 amide bonds. The molecule has 1 unspecified atom stereocenters. The predicted molar refractivity (Wildman–Crippen MR) is 91.5 cm³/mol. The van der Waals surface area contributed by atoms with Gasteiger partial charge in [0.1, 0.15) is 5.82 Å². The normalized spacial score (nSPS) is 17.2. The van der Waals surface area contributed by atoms with Crippen molar-refractivity contribution in [3.05, 3.63) is 65.7 Å². The molecule has 2 aromatic carbocycles. The minimum Gasteiger partial charge on any atom is -0.504 e. The summed E-state index contributed by atoms with van der Waals surface area (Å²) in [5.74, 6) is -0.0701. The van der Waals surface area contributed by atoms with Crippen LogP contribution in [0.2, 0.25) is 0 Å². The molecular formula is C20H20FNO2. The fourth-order valence-electron chi connectivity index (χ4n) is 3.66. The number of likely N-dealkylation sites (tertiary alicyclic amines) is 1. The molecule has 0 radical (unpaired) electrons. The molecule has 124 valence electrons. The number of phenols is 1. The van der Waals surface area contributed by atoms with E-state index in [-0.39, 0.29) is 17.6 Å². The van der Waals surface area contributed by atoms with Gasteiger partial charge in [0.05, 0.1) is 12.3 Å². The molecule has 4 heteroatoms. The quantitative estimate of drug-likeness (QED) is 0.747. The first-order chi connectivity index (χ1) is 11.7. The molecule has 3 aromatic rings. The van der Waals surface area contributed by atoms with E-state index >= 15 is 0 Å². The lowest BCUT2D eigenvalue weighted by molar-refractivity contribution is 0.185. The number of halogens is 1. The summed E-state index contributed by atoms with van der Waals surface area (Å²) >= 11 is 0. The lowest BCUT2D eigenvalue weighted by atomic mass is 9.93. The fourth-order valence-corrected chi connectivity index (χ4v) is 3.66. The van der Waals surface area contributed by atoms with Gasteiger partial charge in [0.25, 0.3) is 0 Å². The Labute approximate surface area is 140 Å². The van der Waals surface area contributed by atoms with Crippen LogP contribution in [0.4, 0.5) is 4.39 Å². The van der Waals surface area contributed by atoms with Crippen molar-refractivity contribution in [1.82, 2.24) is 4.90 Å². The molecule has 1 aliphatic heterocycles. The number of hydrogen-bond donors (Lipinski definition) is 1. The third-order valence-electron chi connectivity index (χ3n) is 4.86. The standard InChI is InChI=1S/C20H20FNO2/c21-16-7-4-14(5-8-16)18(22-11-2-1-3-12-22)17-9-6-15-10-13-24-20(15)19(17)23/h4-10,13,18,23H,1-3,11-12H2. The molecule has 4 rings (SSSR count). The Bertz CT molecular complexity index is 834. The number of furan rings is 1. The Hall–Kier alpha value is -2.33. The van der Waals surface area contributed by atoms with Crippen LogP contribution in [0.1, 0.15) is 36.4 Å². The first-order valence-electron chi connectivity index (χ1n) is 8.42. The highest BCUT2D eigenvalue weighted by molar-refractivity contribution is 5.84. The molecule has 3 nitrogen and oxygen atoms in total. The van der Waals surface area contributed by atoms with Gasteiger partial charge in [0.15, 0.2) is 11.3 Å². The Morgan fingerprint density at radius 2 is 1.71 bits per heavy atom. The number of rotatable bonds is 3. The van der Waals surface area contributed by atoms with Gasteiger partial charge in [-0.15, -0.1) is 0 Å². The summed E-state index contributed by atoms with van der Waals surface area (Å²) in [6.45, 7) is 1.94. The monoisotopic (exact) mass is 325 g/mol. The SMILES string of the molecule is Oc1c(C(c2ccc(F)cc2)N2CCCCC2)ccc2ccoc12. The molecule has 0 saturated carbocycles. The third kappa shape index (κ3) is 2.67. The Morgan fingerprint density at radius 1 is 0.958 bits per heavy atom. The van der Waals surface area contributed by atoms with Crippen LogP contribution in [-0.4, -0.2) is 23.1 Å². The maximum Gasteiger partial charge on any atom is 0.175 e. The van der Waals surface area contributed by atoms with Gasteiger partial charge in [0.2, 0.25) is 0 Å². The van der Waals surface area contributed by atoms with E-state index in [1.165, 1.54) is 18.6 Å². The highest BCUT2D eigenvalue weighted by atomic mass is 19.1. The number of piperidine rings is 1. The van der Waals surface area contributed by atoms with E-state index in [0.717, 1.165) is 42.4 Å². The molecular weight excluding hydrogens is 305 g/mol. The van der Waals surface area contributed by atoms with Gasteiger partial charge in [-0.3, -0.25) is 4.90 Å². The van der Waals surface area contributed by atoms with Crippen LogP contribution in [0.25, 0.3) is 11.0 Å². The first kappa shape index (κ1) is 15.2. The van der Waals surface area contributed by atoms with Crippen molar-refractivity contribution in [1.29, 1.82) is 0 Å². The largest absolute Gasteiger partial charge is 0.504 e. The molecule has 1 N–H and O–H groups in total. The zero-order chi connectivity index (χ0) is 16.5. The smallest absolute Gasteiger partial charge is 0.175 e. The maximum atomic E-state index is 13.4. The second-order valence-corrected chi connectivity index (χ2v) is 6.39. The second kappa shape index (κ2) is 6.29.